The maximum absolute atomic E-state index is 12.5. The van der Waals surface area contributed by atoms with Crippen molar-refractivity contribution in [3.63, 3.8) is 0 Å². The van der Waals surface area contributed by atoms with Gasteiger partial charge in [0.15, 0.2) is 0 Å². The van der Waals surface area contributed by atoms with Crippen molar-refractivity contribution in [1.29, 1.82) is 0 Å². The Morgan fingerprint density at radius 1 is 1.06 bits per heavy atom. The highest BCUT2D eigenvalue weighted by molar-refractivity contribution is 6.01. The van der Waals surface area contributed by atoms with Crippen molar-refractivity contribution in [3.05, 3.63) is 35.9 Å². The number of hydrogen-bond donors (Lipinski definition) is 1. The zero-order valence-corrected chi connectivity index (χ0v) is 17.7. The fourth-order valence-corrected chi connectivity index (χ4v) is 2.60. The van der Waals surface area contributed by atoms with Gasteiger partial charge in [-0.05, 0) is 32.8 Å². The monoisotopic (exact) mass is 434 g/mol. The fourth-order valence-electron chi connectivity index (χ4n) is 2.60. The van der Waals surface area contributed by atoms with Gasteiger partial charge in [-0.25, -0.2) is 14.4 Å². The van der Waals surface area contributed by atoms with E-state index in [-0.39, 0.29) is 32.3 Å². The van der Waals surface area contributed by atoms with Crippen molar-refractivity contribution >= 4 is 29.8 Å². The van der Waals surface area contributed by atoms with E-state index in [0.717, 1.165) is 5.56 Å². The Morgan fingerprint density at radius 3 is 2.26 bits per heavy atom. The summed E-state index contributed by atoms with van der Waals surface area (Å²) in [4.78, 5) is 64.5. The number of alkyl carbamates (subject to hydrolysis) is 1. The minimum atomic E-state index is -1.20. The summed E-state index contributed by atoms with van der Waals surface area (Å²) >= 11 is 0. The van der Waals surface area contributed by atoms with Crippen LogP contribution < -0.4 is 5.32 Å². The Hall–Kier alpha value is -3.43. The zero-order valence-electron chi connectivity index (χ0n) is 17.7. The molecule has 1 heterocycles. The number of hydroxylamine groups is 2. The second kappa shape index (κ2) is 10.6. The van der Waals surface area contributed by atoms with Gasteiger partial charge in [0.05, 0.1) is 6.42 Å². The molecule has 0 saturated carbocycles. The van der Waals surface area contributed by atoms with Crippen LogP contribution >= 0.6 is 0 Å². The van der Waals surface area contributed by atoms with Crippen LogP contribution in [0.15, 0.2) is 30.3 Å². The first-order valence-corrected chi connectivity index (χ1v) is 9.82. The molecule has 168 valence electrons. The third-order valence-electron chi connectivity index (χ3n) is 4.04. The first-order valence-electron chi connectivity index (χ1n) is 9.82. The molecule has 1 aliphatic rings. The summed E-state index contributed by atoms with van der Waals surface area (Å²) in [7, 11) is 0. The Balaban J connectivity index is 1.96. The molecular formula is C21H26N2O8. The Morgan fingerprint density at radius 2 is 1.68 bits per heavy atom. The fraction of sp³-hybridized carbons (Fsp3) is 0.476. The summed E-state index contributed by atoms with van der Waals surface area (Å²) in [6.07, 6.45) is -1.44. The van der Waals surface area contributed by atoms with Gasteiger partial charge >= 0.3 is 18.0 Å². The molecule has 0 aliphatic carbocycles. The largest absolute Gasteiger partial charge is 0.459 e. The molecule has 0 unspecified atom stereocenters. The van der Waals surface area contributed by atoms with Crippen LogP contribution in [-0.2, 0) is 40.1 Å². The molecule has 1 N–H and O–H groups in total. The number of nitrogens with one attached hydrogen (secondary N) is 1. The van der Waals surface area contributed by atoms with Crippen molar-refractivity contribution in [2.45, 2.75) is 64.7 Å². The summed E-state index contributed by atoms with van der Waals surface area (Å²) in [5, 5.41) is 2.81. The maximum atomic E-state index is 12.5. The zero-order chi connectivity index (χ0) is 23.0. The van der Waals surface area contributed by atoms with Gasteiger partial charge in [-0.2, -0.15) is 0 Å². The smallest absolute Gasteiger partial charge is 0.408 e. The van der Waals surface area contributed by atoms with Gasteiger partial charge in [-0.15, -0.1) is 5.06 Å². The van der Waals surface area contributed by atoms with Gasteiger partial charge in [0.25, 0.3) is 11.8 Å². The lowest BCUT2D eigenvalue weighted by Crippen LogP contribution is -2.44. The summed E-state index contributed by atoms with van der Waals surface area (Å²) in [6, 6.07) is 7.74. The highest BCUT2D eigenvalue weighted by Gasteiger charge is 2.33. The average molecular weight is 434 g/mol. The minimum absolute atomic E-state index is 0.0204. The van der Waals surface area contributed by atoms with E-state index in [1.165, 1.54) is 0 Å². The lowest BCUT2D eigenvalue weighted by atomic mass is 10.1. The Kier molecular flexibility index (Phi) is 8.12. The number of rotatable bonds is 8. The topological polar surface area (TPSA) is 128 Å². The van der Waals surface area contributed by atoms with Crippen LogP contribution in [0.2, 0.25) is 0 Å². The number of nitrogens with zero attached hydrogens (tertiary/aromatic N) is 1. The van der Waals surface area contributed by atoms with E-state index in [1.54, 1.807) is 45.0 Å². The summed E-state index contributed by atoms with van der Waals surface area (Å²) in [5.74, 6) is -2.88. The van der Waals surface area contributed by atoms with Crippen LogP contribution in [0.4, 0.5) is 4.79 Å². The van der Waals surface area contributed by atoms with E-state index in [4.69, 9.17) is 14.3 Å². The molecule has 1 atom stereocenters. The molecule has 3 amide bonds. The van der Waals surface area contributed by atoms with Gasteiger partial charge in [0.1, 0.15) is 18.2 Å². The molecule has 10 nitrogen and oxygen atoms in total. The van der Waals surface area contributed by atoms with E-state index in [1.807, 2.05) is 6.07 Å². The number of esters is 1. The normalized spacial score (nSPS) is 14.7. The van der Waals surface area contributed by atoms with E-state index < -0.39 is 41.5 Å². The second-order valence-corrected chi connectivity index (χ2v) is 7.88. The number of carbonyl (C=O) groups excluding carboxylic acids is 5. The second-order valence-electron chi connectivity index (χ2n) is 7.88. The van der Waals surface area contributed by atoms with Crippen molar-refractivity contribution in [1.82, 2.24) is 10.4 Å². The predicted molar refractivity (Wildman–Crippen MR) is 106 cm³/mol. The number of benzene rings is 1. The lowest BCUT2D eigenvalue weighted by Gasteiger charge is -2.23. The SMILES string of the molecule is CC(C)(C)OC(=O)N[C@H](CCC(=O)ON1C(=O)CCC1=O)C(=O)OCc1ccccc1. The molecule has 2 rings (SSSR count). The molecule has 1 fully saturated rings. The molecule has 0 bridgehead atoms. The first-order chi connectivity index (χ1) is 14.5. The number of hydrogen-bond acceptors (Lipinski definition) is 8. The highest BCUT2D eigenvalue weighted by Crippen LogP contribution is 2.14. The van der Waals surface area contributed by atoms with Gasteiger partial charge in [-0.1, -0.05) is 30.3 Å². The quantitative estimate of drug-likeness (QED) is 0.486. The molecule has 1 aromatic rings. The Bertz CT molecular complexity index is 816. The summed E-state index contributed by atoms with van der Waals surface area (Å²) in [6.45, 7) is 4.97. The minimum Gasteiger partial charge on any atom is -0.459 e. The molecule has 0 aromatic heterocycles. The lowest BCUT2D eigenvalue weighted by molar-refractivity contribution is -0.197. The highest BCUT2D eigenvalue weighted by atomic mass is 16.7. The van der Waals surface area contributed by atoms with Crippen LogP contribution in [0.1, 0.15) is 52.0 Å². The maximum Gasteiger partial charge on any atom is 0.408 e. The number of carbonyl (C=O) groups is 5. The number of amides is 3. The Labute approximate surface area is 179 Å². The number of ether oxygens (including phenoxy) is 2. The molecule has 0 spiro atoms. The van der Waals surface area contributed by atoms with Gasteiger partial charge < -0.3 is 19.6 Å². The standard InChI is InChI=1S/C21H26N2O8/c1-21(2,3)30-20(28)22-15(19(27)29-13-14-7-5-4-6-8-14)9-12-18(26)31-23-16(24)10-11-17(23)25/h4-8,15H,9-13H2,1-3H3,(H,22,28)/t15-/m1/s1. The van der Waals surface area contributed by atoms with Crippen molar-refractivity contribution < 1.29 is 38.3 Å². The first kappa shape index (κ1) is 23.8. The van der Waals surface area contributed by atoms with Gasteiger partial charge in [0.2, 0.25) is 0 Å². The number of imide groups is 1. The molecule has 1 aromatic carbocycles. The van der Waals surface area contributed by atoms with E-state index in [9.17, 15) is 24.0 Å². The van der Waals surface area contributed by atoms with Gasteiger partial charge in [-0.3, -0.25) is 9.59 Å². The van der Waals surface area contributed by atoms with E-state index in [0.29, 0.717) is 5.06 Å². The van der Waals surface area contributed by atoms with Crippen LogP contribution in [0.25, 0.3) is 0 Å². The van der Waals surface area contributed by atoms with Crippen molar-refractivity contribution in [2.75, 3.05) is 0 Å². The van der Waals surface area contributed by atoms with Crippen LogP contribution in [-0.4, -0.2) is 46.6 Å². The third-order valence-corrected chi connectivity index (χ3v) is 4.04. The van der Waals surface area contributed by atoms with Gasteiger partial charge in [0, 0.05) is 12.8 Å². The molecule has 1 aliphatic heterocycles. The summed E-state index contributed by atoms with van der Waals surface area (Å²) < 4.78 is 10.4. The summed E-state index contributed by atoms with van der Waals surface area (Å²) in [5.41, 5.74) is -0.0461. The van der Waals surface area contributed by atoms with Crippen LogP contribution in [0.3, 0.4) is 0 Å². The molecule has 1 saturated heterocycles. The molecule has 10 heteroatoms. The van der Waals surface area contributed by atoms with Crippen LogP contribution in [0.5, 0.6) is 0 Å². The molecule has 0 radical (unpaired) electrons. The predicted octanol–water partition coefficient (Wildman–Crippen LogP) is 2.01. The van der Waals surface area contributed by atoms with E-state index >= 15 is 0 Å². The third kappa shape index (κ3) is 8.07. The van der Waals surface area contributed by atoms with E-state index in [2.05, 4.69) is 5.32 Å². The van der Waals surface area contributed by atoms with Crippen molar-refractivity contribution in [3.8, 4) is 0 Å². The molecule has 31 heavy (non-hydrogen) atoms. The van der Waals surface area contributed by atoms with Crippen LogP contribution in [0, 0.1) is 0 Å². The molecular weight excluding hydrogens is 408 g/mol. The average Bonchev–Trinajstić information content (AvgIpc) is 3.00. The van der Waals surface area contributed by atoms with Crippen molar-refractivity contribution in [2.24, 2.45) is 0 Å².